The quantitative estimate of drug-likeness (QED) is 0.809. The molecule has 25 heavy (non-hydrogen) atoms. The maximum Gasteiger partial charge on any atom is 0.403 e. The van der Waals surface area contributed by atoms with E-state index in [1.807, 2.05) is 0 Å². The van der Waals surface area contributed by atoms with Gasteiger partial charge >= 0.3 is 12.2 Å². The van der Waals surface area contributed by atoms with Crippen molar-refractivity contribution in [1.29, 1.82) is 0 Å². The zero-order valence-electron chi connectivity index (χ0n) is 12.7. The highest BCUT2D eigenvalue weighted by atomic mass is 32.1. The van der Waals surface area contributed by atoms with Crippen LogP contribution in [0.15, 0.2) is 23.7 Å². The first-order valence-corrected chi connectivity index (χ1v) is 8.53. The summed E-state index contributed by atoms with van der Waals surface area (Å²) in [5.41, 5.74) is 2.69. The van der Waals surface area contributed by atoms with E-state index in [4.69, 9.17) is 0 Å². The number of anilines is 1. The van der Waals surface area contributed by atoms with E-state index in [1.165, 1.54) is 16.2 Å². The fourth-order valence-electron chi connectivity index (χ4n) is 3.40. The predicted octanol–water partition coefficient (Wildman–Crippen LogP) is 2.61. The second kappa shape index (κ2) is 5.67. The van der Waals surface area contributed by atoms with Gasteiger partial charge in [0.05, 0.1) is 27.3 Å². The zero-order valence-corrected chi connectivity index (χ0v) is 13.5. The zero-order chi connectivity index (χ0) is 17.8. The molecule has 2 aliphatic rings. The van der Waals surface area contributed by atoms with Gasteiger partial charge in [-0.25, -0.2) is 9.78 Å². The van der Waals surface area contributed by atoms with Crippen molar-refractivity contribution in [1.82, 2.24) is 15.6 Å². The van der Waals surface area contributed by atoms with Gasteiger partial charge in [0.2, 0.25) is 5.91 Å². The smallest absolute Gasteiger partial charge is 0.285 e. The van der Waals surface area contributed by atoms with Gasteiger partial charge in [0.1, 0.15) is 12.2 Å². The number of carbonyl (C=O) groups excluding carboxylic acids is 2. The van der Waals surface area contributed by atoms with Crippen LogP contribution in [0.25, 0.3) is 10.2 Å². The fraction of sp³-hybridized carbons (Fsp3) is 0.400. The van der Waals surface area contributed by atoms with Gasteiger partial charge in [-0.1, -0.05) is 6.07 Å². The normalized spacial score (nSPS) is 27.3. The molecule has 3 atom stereocenters. The Morgan fingerprint density at radius 1 is 1.24 bits per heavy atom. The van der Waals surface area contributed by atoms with Crippen LogP contribution in [0.2, 0.25) is 0 Å². The third-order valence-electron chi connectivity index (χ3n) is 4.57. The number of amides is 3. The molecule has 2 saturated heterocycles. The van der Waals surface area contributed by atoms with Crippen LogP contribution in [0, 0.1) is 5.92 Å². The number of thiazole rings is 1. The van der Waals surface area contributed by atoms with Crippen molar-refractivity contribution in [3.63, 3.8) is 0 Å². The molecule has 3 amide bonds. The Kier molecular flexibility index (Phi) is 3.69. The van der Waals surface area contributed by atoms with Crippen LogP contribution in [0.3, 0.4) is 0 Å². The molecule has 0 spiro atoms. The first-order chi connectivity index (χ1) is 11.9. The second-order valence-corrected chi connectivity index (χ2v) is 6.89. The number of nitrogens with one attached hydrogen (secondary N) is 2. The predicted molar refractivity (Wildman–Crippen MR) is 85.1 cm³/mol. The van der Waals surface area contributed by atoms with Gasteiger partial charge < -0.3 is 0 Å². The molecular weight excluding hydrogens is 357 g/mol. The van der Waals surface area contributed by atoms with Crippen LogP contribution in [0.1, 0.15) is 12.8 Å². The summed E-state index contributed by atoms with van der Waals surface area (Å²) in [5.74, 6) is -1.28. The molecule has 0 bridgehead atoms. The summed E-state index contributed by atoms with van der Waals surface area (Å²) in [7, 11) is 0. The molecule has 6 nitrogen and oxygen atoms in total. The molecule has 132 valence electrons. The minimum absolute atomic E-state index is 0.0517. The summed E-state index contributed by atoms with van der Waals surface area (Å²) < 4.78 is 40.1. The number of urea groups is 1. The van der Waals surface area contributed by atoms with E-state index in [-0.39, 0.29) is 12.8 Å². The lowest BCUT2D eigenvalue weighted by Gasteiger charge is -2.45. The lowest BCUT2D eigenvalue weighted by atomic mass is 9.88. The summed E-state index contributed by atoms with van der Waals surface area (Å²) in [6, 6.07) is 2.59. The molecule has 10 heteroatoms. The first kappa shape index (κ1) is 16.3. The van der Waals surface area contributed by atoms with Crippen LogP contribution in [0.5, 0.6) is 0 Å². The Balaban J connectivity index is 1.78. The number of hydrogen-bond donors (Lipinski definition) is 2. The van der Waals surface area contributed by atoms with Gasteiger partial charge in [-0.3, -0.25) is 20.3 Å². The second-order valence-electron chi connectivity index (χ2n) is 6.03. The summed E-state index contributed by atoms with van der Waals surface area (Å²) in [6.07, 6.45) is -5.64. The van der Waals surface area contributed by atoms with E-state index >= 15 is 0 Å². The van der Waals surface area contributed by atoms with Gasteiger partial charge in [0.25, 0.3) is 0 Å². The van der Waals surface area contributed by atoms with Crippen molar-refractivity contribution in [3.8, 4) is 0 Å². The monoisotopic (exact) mass is 370 g/mol. The van der Waals surface area contributed by atoms with E-state index in [9.17, 15) is 22.8 Å². The van der Waals surface area contributed by atoms with Crippen LogP contribution in [-0.2, 0) is 4.79 Å². The molecular formula is C15H13F3N4O2S. The van der Waals surface area contributed by atoms with Gasteiger partial charge in [0, 0.05) is 0 Å². The lowest BCUT2D eigenvalue weighted by Crippen LogP contribution is -2.70. The minimum atomic E-state index is -4.44. The molecule has 4 rings (SSSR count). The Hall–Kier alpha value is -2.20. The lowest BCUT2D eigenvalue weighted by molar-refractivity contribution is -0.168. The number of nitrogens with zero attached hydrogens (tertiary/aromatic N) is 2. The topological polar surface area (TPSA) is 74.3 Å². The van der Waals surface area contributed by atoms with Gasteiger partial charge in [-0.2, -0.15) is 13.2 Å². The number of halogens is 3. The summed E-state index contributed by atoms with van der Waals surface area (Å²) >= 11 is 1.29. The first-order valence-electron chi connectivity index (χ1n) is 7.65. The molecule has 2 aliphatic heterocycles. The van der Waals surface area contributed by atoms with Crippen molar-refractivity contribution >= 4 is 39.2 Å². The highest BCUT2D eigenvalue weighted by Gasteiger charge is 2.51. The van der Waals surface area contributed by atoms with E-state index in [0.29, 0.717) is 15.9 Å². The largest absolute Gasteiger partial charge is 0.403 e. The highest BCUT2D eigenvalue weighted by molar-refractivity contribution is 7.17. The van der Waals surface area contributed by atoms with Crippen LogP contribution >= 0.6 is 11.3 Å². The summed E-state index contributed by atoms with van der Waals surface area (Å²) in [4.78, 5) is 29.9. The van der Waals surface area contributed by atoms with Crippen molar-refractivity contribution in [2.24, 2.45) is 5.92 Å². The Labute approximate surface area is 144 Å². The number of fused-ring (bicyclic) bond motifs is 2. The van der Waals surface area contributed by atoms with Crippen LogP contribution < -0.4 is 15.5 Å². The molecule has 3 unspecified atom stereocenters. The highest BCUT2D eigenvalue weighted by Crippen LogP contribution is 2.38. The van der Waals surface area contributed by atoms with Crippen LogP contribution in [-0.4, -0.2) is 35.3 Å². The van der Waals surface area contributed by atoms with E-state index in [2.05, 4.69) is 15.6 Å². The number of hydrogen-bond acceptors (Lipinski definition) is 5. The number of carbonyl (C=O) groups is 2. The standard InChI is InChI=1S/C15H13F3N4O2S/c16-15(17,18)10-5-4-7-12(20-10)22(14(24)21-13(7)23)9-3-1-2-8-11(9)25-6-19-8/h1-3,6-7,10,12,20H,4-5H2,(H,21,23,24). The molecule has 1 aromatic heterocycles. The molecule has 2 aromatic rings. The Morgan fingerprint density at radius 2 is 2.04 bits per heavy atom. The van der Waals surface area contributed by atoms with Crippen molar-refractivity contribution in [2.75, 3.05) is 4.90 Å². The van der Waals surface area contributed by atoms with Gasteiger partial charge in [-0.15, -0.1) is 11.3 Å². The molecule has 0 aliphatic carbocycles. The third kappa shape index (κ3) is 2.65. The van der Waals surface area contributed by atoms with E-state index in [1.54, 1.807) is 23.7 Å². The SMILES string of the molecule is O=C1NC(=O)N(c2cccc3ncsc23)C2NC(C(F)(F)F)CCC12. The minimum Gasteiger partial charge on any atom is -0.285 e. The number of imide groups is 1. The molecule has 2 fully saturated rings. The van der Waals surface area contributed by atoms with Gasteiger partial charge in [0.15, 0.2) is 0 Å². The maximum absolute atomic E-state index is 13.2. The fourth-order valence-corrected chi connectivity index (χ4v) is 4.20. The Bertz CT molecular complexity index is 853. The maximum atomic E-state index is 13.2. The number of rotatable bonds is 1. The molecule has 1 aromatic carbocycles. The third-order valence-corrected chi connectivity index (χ3v) is 5.44. The van der Waals surface area contributed by atoms with Gasteiger partial charge in [-0.05, 0) is 25.0 Å². The van der Waals surface area contributed by atoms with Crippen molar-refractivity contribution < 1.29 is 22.8 Å². The van der Waals surface area contributed by atoms with Crippen molar-refractivity contribution in [2.45, 2.75) is 31.2 Å². The average molecular weight is 370 g/mol. The summed E-state index contributed by atoms with van der Waals surface area (Å²) in [6.45, 7) is 0. The number of alkyl halides is 3. The van der Waals surface area contributed by atoms with Crippen LogP contribution in [0.4, 0.5) is 23.7 Å². The average Bonchev–Trinajstić information content (AvgIpc) is 3.03. The summed E-state index contributed by atoms with van der Waals surface area (Å²) in [5, 5.41) is 4.71. The van der Waals surface area contributed by atoms with E-state index in [0.717, 1.165) is 0 Å². The number of aromatic nitrogens is 1. The molecule has 3 heterocycles. The van der Waals surface area contributed by atoms with Crippen molar-refractivity contribution in [3.05, 3.63) is 23.7 Å². The molecule has 2 N–H and O–H groups in total. The number of piperidine rings is 1. The number of benzene rings is 1. The molecule has 0 saturated carbocycles. The van der Waals surface area contributed by atoms with E-state index < -0.39 is 36.2 Å². The molecule has 0 radical (unpaired) electrons. The Morgan fingerprint density at radius 3 is 2.80 bits per heavy atom.